The first-order chi connectivity index (χ1) is 15.0. The SMILES string of the molecule is COc1ccc(C(NC(=O)Cc2c(C)nc3cc(=O)[nH]n3c2C)c2ccccc2)cc1. The second-order valence-corrected chi connectivity index (χ2v) is 7.44. The second kappa shape index (κ2) is 8.47. The van der Waals surface area contributed by atoms with E-state index >= 15 is 0 Å². The standard InChI is InChI=1S/C24H24N4O3/c1-15-20(16(2)28-21(25-15)14-23(30)27-28)13-22(29)26-24(17-7-5-4-6-8-17)18-9-11-19(31-3)12-10-18/h4-12,14,24H,13H2,1-3H3,(H,26,29)(H,27,30). The molecule has 7 heteroatoms. The van der Waals surface area contributed by atoms with Gasteiger partial charge in [0.1, 0.15) is 5.75 Å². The number of aromatic amines is 1. The minimum absolute atomic E-state index is 0.133. The van der Waals surface area contributed by atoms with Gasteiger partial charge in [0.25, 0.3) is 5.56 Å². The smallest absolute Gasteiger partial charge is 0.266 e. The summed E-state index contributed by atoms with van der Waals surface area (Å²) in [5, 5.41) is 5.88. The number of hydrogen-bond acceptors (Lipinski definition) is 4. The number of benzene rings is 2. The third-order valence-corrected chi connectivity index (χ3v) is 5.43. The summed E-state index contributed by atoms with van der Waals surface area (Å²) in [6, 6.07) is 18.6. The summed E-state index contributed by atoms with van der Waals surface area (Å²) in [5.41, 5.74) is 4.57. The average Bonchev–Trinajstić information content (AvgIpc) is 3.16. The number of ether oxygens (including phenoxy) is 1. The Labute approximate surface area is 179 Å². The van der Waals surface area contributed by atoms with E-state index in [4.69, 9.17) is 4.74 Å². The van der Waals surface area contributed by atoms with Crippen LogP contribution in [-0.2, 0) is 11.2 Å². The van der Waals surface area contributed by atoms with Gasteiger partial charge in [0.2, 0.25) is 5.91 Å². The molecule has 2 aromatic heterocycles. The minimum Gasteiger partial charge on any atom is -0.497 e. The lowest BCUT2D eigenvalue weighted by Crippen LogP contribution is -2.31. The fourth-order valence-corrected chi connectivity index (χ4v) is 3.78. The van der Waals surface area contributed by atoms with E-state index in [0.29, 0.717) is 5.65 Å². The molecule has 4 rings (SSSR count). The fraction of sp³-hybridized carbons (Fsp3) is 0.208. The number of hydrogen-bond donors (Lipinski definition) is 2. The fourth-order valence-electron chi connectivity index (χ4n) is 3.78. The highest BCUT2D eigenvalue weighted by Crippen LogP contribution is 2.24. The lowest BCUT2D eigenvalue weighted by molar-refractivity contribution is -0.121. The lowest BCUT2D eigenvalue weighted by atomic mass is 9.98. The predicted octanol–water partition coefficient (Wildman–Crippen LogP) is 3.10. The summed E-state index contributed by atoms with van der Waals surface area (Å²) in [7, 11) is 1.62. The van der Waals surface area contributed by atoms with Gasteiger partial charge in [-0.25, -0.2) is 9.50 Å². The highest BCUT2D eigenvalue weighted by molar-refractivity contribution is 5.80. The molecule has 0 spiro atoms. The van der Waals surface area contributed by atoms with Crippen molar-refractivity contribution in [1.82, 2.24) is 19.9 Å². The molecular formula is C24H24N4O3. The first-order valence-corrected chi connectivity index (χ1v) is 10.0. The average molecular weight is 416 g/mol. The Morgan fingerprint density at radius 2 is 1.77 bits per heavy atom. The number of rotatable bonds is 6. The van der Waals surface area contributed by atoms with Gasteiger partial charge in [0, 0.05) is 23.0 Å². The maximum Gasteiger partial charge on any atom is 0.266 e. The Morgan fingerprint density at radius 3 is 2.45 bits per heavy atom. The summed E-state index contributed by atoms with van der Waals surface area (Å²) in [4.78, 5) is 29.2. The molecule has 0 aliphatic rings. The quantitative estimate of drug-likeness (QED) is 0.506. The third kappa shape index (κ3) is 4.21. The number of carbonyl (C=O) groups is 1. The summed E-state index contributed by atoms with van der Waals surface area (Å²) in [6.07, 6.45) is 0.153. The van der Waals surface area contributed by atoms with Gasteiger partial charge in [-0.2, -0.15) is 0 Å². The maximum absolute atomic E-state index is 13.1. The van der Waals surface area contributed by atoms with E-state index in [1.54, 1.807) is 11.6 Å². The van der Waals surface area contributed by atoms with Gasteiger partial charge in [-0.15, -0.1) is 0 Å². The van der Waals surface area contributed by atoms with Crippen molar-refractivity contribution < 1.29 is 9.53 Å². The molecule has 7 nitrogen and oxygen atoms in total. The molecule has 2 heterocycles. The Morgan fingerprint density at radius 1 is 1.10 bits per heavy atom. The van der Waals surface area contributed by atoms with Crippen LogP contribution in [0.2, 0.25) is 0 Å². The van der Waals surface area contributed by atoms with Crippen LogP contribution < -0.4 is 15.6 Å². The molecule has 2 N–H and O–H groups in total. The van der Waals surface area contributed by atoms with Crippen LogP contribution in [0.4, 0.5) is 0 Å². The Hall–Kier alpha value is -3.87. The van der Waals surface area contributed by atoms with E-state index in [1.165, 1.54) is 6.07 Å². The van der Waals surface area contributed by atoms with Crippen molar-refractivity contribution in [1.29, 1.82) is 0 Å². The van der Waals surface area contributed by atoms with E-state index < -0.39 is 0 Å². The molecule has 4 aromatic rings. The van der Waals surface area contributed by atoms with Crippen molar-refractivity contribution >= 4 is 11.6 Å². The number of carbonyl (C=O) groups excluding carboxylic acids is 1. The van der Waals surface area contributed by atoms with Crippen LogP contribution in [0.5, 0.6) is 5.75 Å². The zero-order valence-corrected chi connectivity index (χ0v) is 17.7. The summed E-state index contributed by atoms with van der Waals surface area (Å²) >= 11 is 0. The number of aryl methyl sites for hydroxylation is 2. The molecule has 158 valence electrons. The first-order valence-electron chi connectivity index (χ1n) is 10.0. The number of nitrogens with one attached hydrogen (secondary N) is 2. The maximum atomic E-state index is 13.1. The second-order valence-electron chi connectivity index (χ2n) is 7.44. The van der Waals surface area contributed by atoms with Crippen molar-refractivity contribution in [3.05, 3.63) is 99.1 Å². The van der Waals surface area contributed by atoms with Gasteiger partial charge in [0.15, 0.2) is 5.65 Å². The Balaban J connectivity index is 1.63. The molecule has 2 aromatic carbocycles. The summed E-state index contributed by atoms with van der Waals surface area (Å²) in [6.45, 7) is 3.73. The predicted molar refractivity (Wildman–Crippen MR) is 118 cm³/mol. The minimum atomic E-state index is -0.303. The van der Waals surface area contributed by atoms with Crippen LogP contribution in [0.3, 0.4) is 0 Å². The molecule has 0 bridgehead atoms. The highest BCUT2D eigenvalue weighted by atomic mass is 16.5. The van der Waals surface area contributed by atoms with Gasteiger partial charge in [-0.1, -0.05) is 42.5 Å². The molecular weight excluding hydrogens is 392 g/mol. The number of nitrogens with zero attached hydrogens (tertiary/aromatic N) is 2. The van der Waals surface area contributed by atoms with Gasteiger partial charge in [-0.05, 0) is 37.1 Å². The molecule has 31 heavy (non-hydrogen) atoms. The van der Waals surface area contributed by atoms with E-state index in [0.717, 1.165) is 33.8 Å². The zero-order valence-electron chi connectivity index (χ0n) is 17.7. The van der Waals surface area contributed by atoms with Crippen molar-refractivity contribution in [2.24, 2.45) is 0 Å². The van der Waals surface area contributed by atoms with Crippen molar-refractivity contribution in [2.75, 3.05) is 7.11 Å². The molecule has 0 saturated carbocycles. The number of methoxy groups -OCH3 is 1. The lowest BCUT2D eigenvalue weighted by Gasteiger charge is -2.21. The van der Waals surface area contributed by atoms with E-state index in [-0.39, 0.29) is 23.9 Å². The van der Waals surface area contributed by atoms with Crippen molar-refractivity contribution in [3.63, 3.8) is 0 Å². The Bertz CT molecular complexity index is 1270. The highest BCUT2D eigenvalue weighted by Gasteiger charge is 2.19. The van der Waals surface area contributed by atoms with Gasteiger partial charge >= 0.3 is 0 Å². The number of fused-ring (bicyclic) bond motifs is 1. The molecule has 1 unspecified atom stereocenters. The van der Waals surface area contributed by atoms with Crippen LogP contribution in [0.15, 0.2) is 65.5 Å². The topological polar surface area (TPSA) is 88.5 Å². The molecule has 0 saturated heterocycles. The largest absolute Gasteiger partial charge is 0.497 e. The first kappa shape index (κ1) is 20.4. The van der Waals surface area contributed by atoms with E-state index in [2.05, 4.69) is 15.4 Å². The zero-order chi connectivity index (χ0) is 22.0. The summed E-state index contributed by atoms with van der Waals surface area (Å²) in [5.74, 6) is 0.625. The van der Waals surface area contributed by atoms with Gasteiger partial charge < -0.3 is 10.1 Å². The van der Waals surface area contributed by atoms with Gasteiger partial charge in [0.05, 0.1) is 19.6 Å². The van der Waals surface area contributed by atoms with E-state index in [9.17, 15) is 9.59 Å². The molecule has 0 radical (unpaired) electrons. The van der Waals surface area contributed by atoms with Crippen molar-refractivity contribution in [2.45, 2.75) is 26.3 Å². The Kier molecular flexibility index (Phi) is 5.58. The monoisotopic (exact) mass is 416 g/mol. The van der Waals surface area contributed by atoms with Crippen LogP contribution in [-0.4, -0.2) is 27.6 Å². The normalized spacial score (nSPS) is 12.0. The number of amides is 1. The third-order valence-electron chi connectivity index (χ3n) is 5.43. The van der Waals surface area contributed by atoms with E-state index in [1.807, 2.05) is 68.4 Å². The van der Waals surface area contributed by atoms with Crippen LogP contribution in [0.25, 0.3) is 5.65 Å². The molecule has 1 atom stereocenters. The van der Waals surface area contributed by atoms with Crippen LogP contribution >= 0.6 is 0 Å². The molecule has 0 aliphatic carbocycles. The van der Waals surface area contributed by atoms with Crippen LogP contribution in [0.1, 0.15) is 34.1 Å². The number of aromatic nitrogens is 3. The molecule has 0 aliphatic heterocycles. The molecule has 0 fully saturated rings. The molecule has 1 amide bonds. The summed E-state index contributed by atoms with van der Waals surface area (Å²) < 4.78 is 6.88. The number of H-pyrrole nitrogens is 1. The van der Waals surface area contributed by atoms with Gasteiger partial charge in [-0.3, -0.25) is 14.7 Å². The van der Waals surface area contributed by atoms with Crippen molar-refractivity contribution in [3.8, 4) is 5.75 Å². The van der Waals surface area contributed by atoms with Crippen LogP contribution in [0, 0.1) is 13.8 Å².